The molecule has 1 saturated heterocycles. The number of aliphatic hydroxyl groups is 1. The number of methoxy groups -OCH3 is 1. The Kier molecular flexibility index (Phi) is 6.54. The van der Waals surface area contributed by atoms with Crippen molar-refractivity contribution in [2.45, 2.75) is 18.9 Å². The standard InChI is InChI=1S/C22H27N5O5/c1-15-13-26(21(29)32-20-5-3-4-8-23-20)19-11-16(17-12-24-25(14-17)9-10-28)6-7-18(19)27(15)22(30)31-2/h3-8,11,15,17,24,28H,9-10,12-14H2,1-2H3/t15-,17?/m0/s1. The maximum absolute atomic E-state index is 13.1. The quantitative estimate of drug-likeness (QED) is 0.742. The van der Waals surface area contributed by atoms with Crippen molar-refractivity contribution in [3.63, 3.8) is 0 Å². The lowest BCUT2D eigenvalue weighted by Gasteiger charge is -2.39. The van der Waals surface area contributed by atoms with Crippen LogP contribution in [0.2, 0.25) is 0 Å². The van der Waals surface area contributed by atoms with E-state index < -0.39 is 12.2 Å². The van der Waals surface area contributed by atoms with Crippen molar-refractivity contribution in [3.8, 4) is 5.88 Å². The van der Waals surface area contributed by atoms with E-state index in [2.05, 4.69) is 10.4 Å². The zero-order valence-electron chi connectivity index (χ0n) is 18.1. The molecule has 4 rings (SSSR count). The first-order valence-corrected chi connectivity index (χ1v) is 10.5. The summed E-state index contributed by atoms with van der Waals surface area (Å²) in [6.45, 7) is 4.16. The molecule has 1 aromatic carbocycles. The van der Waals surface area contributed by atoms with Gasteiger partial charge in [-0.1, -0.05) is 12.1 Å². The van der Waals surface area contributed by atoms with Crippen molar-refractivity contribution in [3.05, 3.63) is 48.2 Å². The normalized spacial score (nSPS) is 20.7. The van der Waals surface area contributed by atoms with E-state index >= 15 is 0 Å². The van der Waals surface area contributed by atoms with Gasteiger partial charge < -0.3 is 14.6 Å². The number of hydrazine groups is 1. The first kappa shape index (κ1) is 22.0. The van der Waals surface area contributed by atoms with Crippen LogP contribution in [0.4, 0.5) is 21.0 Å². The minimum Gasteiger partial charge on any atom is -0.452 e. The second-order valence-corrected chi connectivity index (χ2v) is 7.81. The van der Waals surface area contributed by atoms with Crippen LogP contribution in [0.15, 0.2) is 42.6 Å². The van der Waals surface area contributed by atoms with Crippen molar-refractivity contribution >= 4 is 23.6 Å². The van der Waals surface area contributed by atoms with Gasteiger partial charge in [0, 0.05) is 37.8 Å². The molecule has 0 spiro atoms. The largest absolute Gasteiger partial charge is 0.452 e. The predicted molar refractivity (Wildman–Crippen MR) is 118 cm³/mol. The third-order valence-electron chi connectivity index (χ3n) is 5.70. The van der Waals surface area contributed by atoms with Gasteiger partial charge in [0.1, 0.15) is 0 Å². The highest BCUT2D eigenvalue weighted by Gasteiger charge is 2.37. The van der Waals surface area contributed by atoms with Crippen molar-refractivity contribution in [2.75, 3.05) is 49.7 Å². The summed E-state index contributed by atoms with van der Waals surface area (Å²) in [6.07, 6.45) is 0.503. The summed E-state index contributed by atoms with van der Waals surface area (Å²) >= 11 is 0. The van der Waals surface area contributed by atoms with E-state index in [4.69, 9.17) is 9.47 Å². The molecule has 0 radical (unpaired) electrons. The minimum absolute atomic E-state index is 0.0724. The number of amides is 2. The Morgan fingerprint density at radius 2 is 2.03 bits per heavy atom. The van der Waals surface area contributed by atoms with Gasteiger partial charge in [-0.15, -0.1) is 0 Å². The third-order valence-corrected chi connectivity index (χ3v) is 5.70. The van der Waals surface area contributed by atoms with Crippen molar-refractivity contribution in [1.82, 2.24) is 15.4 Å². The molecule has 32 heavy (non-hydrogen) atoms. The fourth-order valence-corrected chi connectivity index (χ4v) is 4.15. The molecule has 2 atom stereocenters. The summed E-state index contributed by atoms with van der Waals surface area (Å²) in [5.74, 6) is 0.379. The number of benzene rings is 1. The van der Waals surface area contributed by atoms with E-state index in [1.807, 2.05) is 30.1 Å². The van der Waals surface area contributed by atoms with E-state index in [9.17, 15) is 14.7 Å². The van der Waals surface area contributed by atoms with Crippen LogP contribution in [0.25, 0.3) is 0 Å². The fraction of sp³-hybridized carbons (Fsp3) is 0.409. The highest BCUT2D eigenvalue weighted by atomic mass is 16.6. The Morgan fingerprint density at radius 3 is 2.75 bits per heavy atom. The van der Waals surface area contributed by atoms with Gasteiger partial charge in [0.15, 0.2) is 0 Å². The molecule has 2 aliphatic rings. The number of β-amino-alcohol motifs (C(OH)–C–C–N with tert-alkyl or cyclic N) is 1. The van der Waals surface area contributed by atoms with Gasteiger partial charge >= 0.3 is 12.2 Å². The van der Waals surface area contributed by atoms with Gasteiger partial charge in [-0.05, 0) is 30.7 Å². The van der Waals surface area contributed by atoms with Gasteiger partial charge in [0.05, 0.1) is 37.7 Å². The Labute approximate surface area is 186 Å². The molecule has 0 saturated carbocycles. The summed E-state index contributed by atoms with van der Waals surface area (Å²) in [5.41, 5.74) is 5.45. The lowest BCUT2D eigenvalue weighted by molar-refractivity contribution is 0.175. The first-order valence-electron chi connectivity index (χ1n) is 10.5. The molecule has 1 unspecified atom stereocenters. The number of carbonyl (C=O) groups is 2. The monoisotopic (exact) mass is 441 g/mol. The van der Waals surface area contributed by atoms with E-state index in [-0.39, 0.29) is 31.0 Å². The number of nitrogens with one attached hydrogen (secondary N) is 1. The molecule has 10 heteroatoms. The molecule has 0 bridgehead atoms. The van der Waals surface area contributed by atoms with Crippen molar-refractivity contribution in [1.29, 1.82) is 0 Å². The summed E-state index contributed by atoms with van der Waals surface area (Å²) < 4.78 is 10.5. The number of aromatic nitrogens is 1. The lowest BCUT2D eigenvalue weighted by Crippen LogP contribution is -2.52. The third kappa shape index (κ3) is 4.38. The second-order valence-electron chi connectivity index (χ2n) is 7.81. The van der Waals surface area contributed by atoms with Crippen LogP contribution in [0, 0.1) is 0 Å². The number of aliphatic hydroxyl groups excluding tert-OH is 1. The molecule has 10 nitrogen and oxygen atoms in total. The second kappa shape index (κ2) is 9.51. The highest BCUT2D eigenvalue weighted by molar-refractivity contribution is 6.01. The number of rotatable bonds is 4. The average Bonchev–Trinajstić information content (AvgIpc) is 3.27. The number of hydrogen-bond donors (Lipinski definition) is 2. The molecule has 3 heterocycles. The Balaban J connectivity index is 1.67. The van der Waals surface area contributed by atoms with E-state index in [1.54, 1.807) is 29.3 Å². The summed E-state index contributed by atoms with van der Waals surface area (Å²) in [7, 11) is 1.34. The van der Waals surface area contributed by atoms with E-state index in [0.717, 1.165) is 12.1 Å². The molecule has 2 amide bonds. The number of carbonyl (C=O) groups excluding carboxylic acids is 2. The summed E-state index contributed by atoms with van der Waals surface area (Å²) in [6, 6.07) is 10.5. The molecular formula is C22H27N5O5. The number of ether oxygens (including phenoxy) is 2. The SMILES string of the molecule is COC(=O)N1c2ccc(C3CNN(CCO)C3)cc2N(C(=O)Oc2ccccn2)C[C@@H]1C. The summed E-state index contributed by atoms with van der Waals surface area (Å²) in [5, 5.41) is 11.2. The van der Waals surface area contributed by atoms with Gasteiger partial charge in [0.25, 0.3) is 0 Å². The predicted octanol–water partition coefficient (Wildman–Crippen LogP) is 1.96. The average molecular weight is 441 g/mol. The van der Waals surface area contributed by atoms with Gasteiger partial charge in [-0.25, -0.2) is 19.6 Å². The Bertz CT molecular complexity index is 972. The van der Waals surface area contributed by atoms with Crippen molar-refractivity contribution in [2.24, 2.45) is 0 Å². The minimum atomic E-state index is -0.565. The van der Waals surface area contributed by atoms with Crippen LogP contribution in [0.3, 0.4) is 0 Å². The maximum Gasteiger partial charge on any atom is 0.421 e. The summed E-state index contributed by atoms with van der Waals surface area (Å²) in [4.78, 5) is 32.7. The van der Waals surface area contributed by atoms with Gasteiger partial charge in [-0.3, -0.25) is 15.2 Å². The molecule has 2 aliphatic heterocycles. The van der Waals surface area contributed by atoms with Crippen LogP contribution in [-0.4, -0.2) is 73.2 Å². The molecular weight excluding hydrogens is 414 g/mol. The molecule has 0 aliphatic carbocycles. The highest BCUT2D eigenvalue weighted by Crippen LogP contribution is 2.39. The first-order chi connectivity index (χ1) is 15.5. The van der Waals surface area contributed by atoms with E-state index in [0.29, 0.717) is 24.5 Å². The lowest BCUT2D eigenvalue weighted by atomic mass is 9.97. The van der Waals surface area contributed by atoms with Gasteiger partial charge in [0.2, 0.25) is 5.88 Å². The van der Waals surface area contributed by atoms with Crippen LogP contribution >= 0.6 is 0 Å². The topological polar surface area (TPSA) is 107 Å². The zero-order valence-corrected chi connectivity index (χ0v) is 18.1. The molecule has 1 aromatic heterocycles. The zero-order chi connectivity index (χ0) is 22.7. The number of hydrogen-bond acceptors (Lipinski definition) is 8. The Hall–Kier alpha value is -3.21. The molecule has 2 aromatic rings. The van der Waals surface area contributed by atoms with Crippen LogP contribution in [0.1, 0.15) is 18.4 Å². The van der Waals surface area contributed by atoms with Crippen LogP contribution < -0.4 is 20.0 Å². The van der Waals surface area contributed by atoms with Crippen molar-refractivity contribution < 1.29 is 24.2 Å². The number of anilines is 2. The van der Waals surface area contributed by atoms with E-state index in [1.165, 1.54) is 12.0 Å². The van der Waals surface area contributed by atoms with Crippen LogP contribution in [-0.2, 0) is 4.74 Å². The molecule has 2 N–H and O–H groups in total. The smallest absolute Gasteiger partial charge is 0.421 e. The number of pyridine rings is 1. The Morgan fingerprint density at radius 1 is 1.19 bits per heavy atom. The number of nitrogens with zero attached hydrogens (tertiary/aromatic N) is 4. The molecule has 170 valence electrons. The molecule has 1 fully saturated rings. The fourth-order valence-electron chi connectivity index (χ4n) is 4.15. The van der Waals surface area contributed by atoms with Gasteiger partial charge in [-0.2, -0.15) is 0 Å². The number of fused-ring (bicyclic) bond motifs is 1. The van der Waals surface area contributed by atoms with Crippen LogP contribution in [0.5, 0.6) is 5.88 Å². The maximum atomic E-state index is 13.1.